The van der Waals surface area contributed by atoms with Gasteiger partial charge in [-0.1, -0.05) is 17.7 Å². The molecule has 4 rings (SSSR count). The molecule has 1 aliphatic heterocycles. The van der Waals surface area contributed by atoms with Crippen molar-refractivity contribution >= 4 is 51.3 Å². The van der Waals surface area contributed by atoms with Gasteiger partial charge in [0.25, 0.3) is 11.8 Å². The molecule has 0 bridgehead atoms. The molecular weight excluding hydrogens is 560 g/mol. The zero-order chi connectivity index (χ0) is 29.0. The Labute approximate surface area is 235 Å². The number of allylic oxidation sites excluding steroid dienone is 1. The lowest BCUT2D eigenvalue weighted by atomic mass is 10.0. The van der Waals surface area contributed by atoms with Gasteiger partial charge in [0.15, 0.2) is 11.5 Å². The third-order valence-corrected chi connectivity index (χ3v) is 7.26. The molecule has 1 aliphatic rings. The van der Waals surface area contributed by atoms with Crippen LogP contribution in [-0.2, 0) is 26.1 Å². The van der Waals surface area contributed by atoms with Gasteiger partial charge in [0.2, 0.25) is 0 Å². The maximum atomic E-state index is 13.3. The first-order chi connectivity index (χ1) is 19.1. The van der Waals surface area contributed by atoms with E-state index in [4.69, 9.17) is 25.3 Å². The van der Waals surface area contributed by atoms with Gasteiger partial charge >= 0.3 is 16.1 Å². The molecule has 206 valence electrons. The van der Waals surface area contributed by atoms with E-state index < -0.39 is 28.0 Å². The number of nitrogens with one attached hydrogen (secondary N) is 1. The molecule has 3 aromatic rings. The summed E-state index contributed by atoms with van der Waals surface area (Å²) in [5, 5.41) is 2.51. The Kier molecular flexibility index (Phi) is 8.26. The quantitative estimate of drug-likeness (QED) is 0.169. The van der Waals surface area contributed by atoms with Crippen molar-refractivity contribution in [3.8, 4) is 17.2 Å². The van der Waals surface area contributed by atoms with Crippen molar-refractivity contribution in [3.05, 3.63) is 95.0 Å². The highest BCUT2D eigenvalue weighted by Crippen LogP contribution is 2.37. The van der Waals surface area contributed by atoms with Gasteiger partial charge in [0, 0.05) is 10.6 Å². The highest BCUT2D eigenvalue weighted by molar-refractivity contribution is 7.87. The number of methoxy groups -OCH3 is 2. The third-order valence-electron chi connectivity index (χ3n) is 5.78. The number of urea groups is 1. The van der Waals surface area contributed by atoms with Crippen molar-refractivity contribution in [2.24, 2.45) is 0 Å². The smallest absolute Gasteiger partial charge is 0.339 e. The lowest BCUT2D eigenvalue weighted by Gasteiger charge is -2.26. The number of hydrogen-bond acceptors (Lipinski definition) is 8. The molecule has 0 aromatic heterocycles. The molecule has 0 unspecified atom stereocenters. The highest BCUT2D eigenvalue weighted by Gasteiger charge is 2.37. The summed E-state index contributed by atoms with van der Waals surface area (Å²) in [4.78, 5) is 39.2. The van der Waals surface area contributed by atoms with E-state index in [-0.39, 0.29) is 34.1 Å². The molecule has 3 aromatic carbocycles. The van der Waals surface area contributed by atoms with Crippen LogP contribution in [-0.4, -0.2) is 40.5 Å². The lowest BCUT2D eigenvalue weighted by molar-refractivity contribution is -0.122. The number of barbiturate groups is 1. The van der Waals surface area contributed by atoms with Gasteiger partial charge in [-0.3, -0.25) is 14.9 Å². The normalized spacial score (nSPS) is 14.6. The SMILES string of the molecule is C=CCc1cc(/C=C2\C(=O)NC(=O)N(c3ccc(OC)cc3)C2=O)cc(OC)c1OS(=O)(=O)c1ccc(Cl)cc1. The fourth-order valence-electron chi connectivity index (χ4n) is 3.87. The summed E-state index contributed by atoms with van der Waals surface area (Å²) in [6.45, 7) is 3.70. The molecule has 1 heterocycles. The number of carbonyl (C=O) groups excluding carboxylic acids is 3. The molecule has 0 atom stereocenters. The topological polar surface area (TPSA) is 128 Å². The van der Waals surface area contributed by atoms with Gasteiger partial charge in [-0.05, 0) is 78.7 Å². The van der Waals surface area contributed by atoms with Gasteiger partial charge < -0.3 is 13.7 Å². The summed E-state index contributed by atoms with van der Waals surface area (Å²) in [5.74, 6) is -1.30. The van der Waals surface area contributed by atoms with E-state index in [0.29, 0.717) is 21.9 Å². The van der Waals surface area contributed by atoms with Gasteiger partial charge in [-0.25, -0.2) is 9.69 Å². The van der Waals surface area contributed by atoms with Crippen LogP contribution in [0.5, 0.6) is 17.2 Å². The average Bonchev–Trinajstić information content (AvgIpc) is 2.92. The van der Waals surface area contributed by atoms with Gasteiger partial charge in [0.1, 0.15) is 16.2 Å². The second kappa shape index (κ2) is 11.6. The highest BCUT2D eigenvalue weighted by atomic mass is 35.5. The van der Waals surface area contributed by atoms with Crippen molar-refractivity contribution < 1.29 is 36.5 Å². The minimum absolute atomic E-state index is 0.0236. The molecule has 0 aliphatic carbocycles. The number of nitrogens with zero attached hydrogens (tertiary/aromatic N) is 1. The second-order valence-corrected chi connectivity index (χ2v) is 10.3. The molecule has 1 N–H and O–H groups in total. The Bertz CT molecular complexity index is 1630. The third kappa shape index (κ3) is 5.85. The monoisotopic (exact) mass is 582 g/mol. The summed E-state index contributed by atoms with van der Waals surface area (Å²) in [6.07, 6.45) is 2.96. The number of carbonyl (C=O) groups is 3. The predicted molar refractivity (Wildman–Crippen MR) is 148 cm³/mol. The molecule has 0 spiro atoms. The molecule has 10 nitrogen and oxygen atoms in total. The number of rotatable bonds is 9. The fraction of sp³-hybridized carbons (Fsp3) is 0.107. The summed E-state index contributed by atoms with van der Waals surface area (Å²) in [5.41, 5.74) is 0.560. The second-order valence-electron chi connectivity index (χ2n) is 8.35. The van der Waals surface area contributed by atoms with Crippen LogP contribution < -0.4 is 23.9 Å². The Morgan fingerprint density at radius 2 is 1.65 bits per heavy atom. The van der Waals surface area contributed by atoms with Crippen LogP contribution >= 0.6 is 11.6 Å². The molecule has 12 heteroatoms. The molecule has 0 radical (unpaired) electrons. The Hall–Kier alpha value is -4.61. The summed E-state index contributed by atoms with van der Waals surface area (Å²) in [6, 6.07) is 13.6. The van der Waals surface area contributed by atoms with E-state index in [1.807, 2.05) is 0 Å². The van der Waals surface area contributed by atoms with E-state index in [9.17, 15) is 22.8 Å². The predicted octanol–water partition coefficient (Wildman–Crippen LogP) is 4.52. The van der Waals surface area contributed by atoms with E-state index in [1.165, 1.54) is 74.9 Å². The lowest BCUT2D eigenvalue weighted by Crippen LogP contribution is -2.54. The Balaban J connectivity index is 1.74. The number of anilines is 1. The molecule has 40 heavy (non-hydrogen) atoms. The molecule has 1 saturated heterocycles. The van der Waals surface area contributed by atoms with Crippen molar-refractivity contribution in [2.75, 3.05) is 19.1 Å². The van der Waals surface area contributed by atoms with Crippen molar-refractivity contribution in [3.63, 3.8) is 0 Å². The van der Waals surface area contributed by atoms with Crippen LogP contribution in [0.4, 0.5) is 10.5 Å². The number of hydrogen-bond donors (Lipinski definition) is 1. The van der Waals surface area contributed by atoms with Crippen molar-refractivity contribution in [1.29, 1.82) is 0 Å². The zero-order valence-corrected chi connectivity index (χ0v) is 22.9. The van der Waals surface area contributed by atoms with E-state index in [0.717, 1.165) is 4.90 Å². The number of ether oxygens (including phenoxy) is 2. The van der Waals surface area contributed by atoms with Gasteiger partial charge in [0.05, 0.1) is 19.9 Å². The van der Waals surface area contributed by atoms with Gasteiger partial charge in [-0.2, -0.15) is 8.42 Å². The number of amides is 4. The standard InChI is InChI=1S/C28H23ClN2O8S/c1-4-5-18-14-17(16-24(38-3)25(18)39-40(35,36)22-12-6-19(29)7-13-22)15-23-26(32)30-28(34)31(27(23)33)20-8-10-21(37-2)11-9-20/h4,6-16H,1,5H2,2-3H3,(H,30,32,34)/b23-15+. The van der Waals surface area contributed by atoms with Crippen LogP contribution in [0.25, 0.3) is 6.08 Å². The molecule has 4 amide bonds. The number of benzene rings is 3. The average molecular weight is 583 g/mol. The first-order valence-corrected chi connectivity index (χ1v) is 13.4. The Morgan fingerprint density at radius 3 is 2.25 bits per heavy atom. The summed E-state index contributed by atoms with van der Waals surface area (Å²) in [7, 11) is -1.48. The van der Waals surface area contributed by atoms with E-state index in [2.05, 4.69) is 11.9 Å². The minimum atomic E-state index is -4.27. The zero-order valence-electron chi connectivity index (χ0n) is 21.3. The first-order valence-electron chi connectivity index (χ1n) is 11.7. The Morgan fingerprint density at radius 1 is 0.975 bits per heavy atom. The van der Waals surface area contributed by atoms with E-state index >= 15 is 0 Å². The fourth-order valence-corrected chi connectivity index (χ4v) is 4.97. The van der Waals surface area contributed by atoms with Crippen molar-refractivity contribution in [1.82, 2.24) is 5.32 Å². The molecule has 0 saturated carbocycles. The van der Waals surface area contributed by atoms with E-state index in [1.54, 1.807) is 12.1 Å². The van der Waals surface area contributed by atoms with Crippen LogP contribution in [0, 0.1) is 0 Å². The van der Waals surface area contributed by atoms with Crippen LogP contribution in [0.15, 0.2) is 83.8 Å². The maximum absolute atomic E-state index is 13.3. The summed E-state index contributed by atoms with van der Waals surface area (Å²) < 4.78 is 41.9. The van der Waals surface area contributed by atoms with Crippen LogP contribution in [0.2, 0.25) is 5.02 Å². The minimum Gasteiger partial charge on any atom is -0.497 e. The van der Waals surface area contributed by atoms with Crippen molar-refractivity contribution in [2.45, 2.75) is 11.3 Å². The summed E-state index contributed by atoms with van der Waals surface area (Å²) >= 11 is 5.87. The maximum Gasteiger partial charge on any atom is 0.339 e. The van der Waals surface area contributed by atoms with Gasteiger partial charge in [-0.15, -0.1) is 6.58 Å². The largest absolute Gasteiger partial charge is 0.497 e. The number of halogens is 1. The number of imide groups is 2. The van der Waals surface area contributed by atoms with Crippen LogP contribution in [0.3, 0.4) is 0 Å². The van der Waals surface area contributed by atoms with Crippen LogP contribution in [0.1, 0.15) is 11.1 Å². The first kappa shape index (κ1) is 28.4. The molecular formula is C28H23ClN2O8S. The molecule has 1 fully saturated rings.